The zero-order valence-corrected chi connectivity index (χ0v) is 17.9. The lowest BCUT2D eigenvalue weighted by Gasteiger charge is -2.13. The Bertz CT molecular complexity index is 1340. The average Bonchev–Trinajstić information content (AvgIpc) is 3.07. The first-order valence-corrected chi connectivity index (χ1v) is 11.0. The number of hydrogen-bond donors (Lipinski definition) is 3. The Kier molecular flexibility index (Phi) is 5.31. The van der Waals surface area contributed by atoms with Crippen LogP contribution in [-0.2, 0) is 24.2 Å². The number of nitrogens with one attached hydrogen (secondary N) is 3. The molecule has 0 spiro atoms. The number of carbonyl (C=O) groups excluding carboxylic acids is 1. The van der Waals surface area contributed by atoms with Gasteiger partial charge in [0.05, 0.1) is 23.3 Å². The molecule has 1 aliphatic carbocycles. The van der Waals surface area contributed by atoms with Gasteiger partial charge in [0.25, 0.3) is 5.56 Å². The van der Waals surface area contributed by atoms with E-state index < -0.39 is 0 Å². The number of aromatic amines is 2. The molecule has 0 bridgehead atoms. The minimum absolute atomic E-state index is 0.00541. The van der Waals surface area contributed by atoms with Crippen molar-refractivity contribution in [2.75, 3.05) is 0 Å². The number of amides is 1. The number of benzene rings is 2. The van der Waals surface area contributed by atoms with Gasteiger partial charge in [-0.2, -0.15) is 0 Å². The number of nitrogens with zero attached hydrogens (tertiary/aromatic N) is 2. The van der Waals surface area contributed by atoms with Crippen LogP contribution in [0.5, 0.6) is 0 Å². The molecule has 0 saturated carbocycles. The van der Waals surface area contributed by atoms with E-state index in [0.717, 1.165) is 33.7 Å². The van der Waals surface area contributed by atoms with Gasteiger partial charge in [-0.25, -0.2) is 9.97 Å². The lowest BCUT2D eigenvalue weighted by molar-refractivity contribution is -0.125. The fourth-order valence-electron chi connectivity index (χ4n) is 4.35. The Morgan fingerprint density at radius 1 is 1.06 bits per heavy atom. The van der Waals surface area contributed by atoms with E-state index >= 15 is 0 Å². The third kappa shape index (κ3) is 4.06. The van der Waals surface area contributed by atoms with Crippen LogP contribution in [0.2, 0.25) is 0 Å². The third-order valence-electron chi connectivity index (χ3n) is 6.11. The summed E-state index contributed by atoms with van der Waals surface area (Å²) in [5, 5.41) is 3.01. The number of imidazole rings is 1. The second-order valence-corrected chi connectivity index (χ2v) is 8.40. The summed E-state index contributed by atoms with van der Waals surface area (Å²) >= 11 is 0. The zero-order chi connectivity index (χ0) is 22.1. The molecule has 5 rings (SSSR count). The van der Waals surface area contributed by atoms with E-state index in [4.69, 9.17) is 4.98 Å². The van der Waals surface area contributed by atoms with Crippen molar-refractivity contribution >= 4 is 16.9 Å². The van der Waals surface area contributed by atoms with E-state index in [0.29, 0.717) is 43.6 Å². The second-order valence-electron chi connectivity index (χ2n) is 8.40. The van der Waals surface area contributed by atoms with E-state index in [1.807, 2.05) is 55.5 Å². The number of fused-ring (bicyclic) bond motifs is 2. The first-order chi connectivity index (χ1) is 15.6. The lowest BCUT2D eigenvalue weighted by atomic mass is 9.99. The molecule has 0 aliphatic heterocycles. The lowest BCUT2D eigenvalue weighted by Crippen LogP contribution is -2.31. The number of rotatable bonds is 4. The number of carbonyl (C=O) groups is 1. The molecule has 2 heterocycles. The van der Waals surface area contributed by atoms with Gasteiger partial charge in [0.1, 0.15) is 11.6 Å². The van der Waals surface area contributed by atoms with E-state index in [1.165, 1.54) is 0 Å². The highest BCUT2D eigenvalue weighted by Gasteiger charge is 2.25. The highest BCUT2D eigenvalue weighted by Crippen LogP contribution is 2.24. The summed E-state index contributed by atoms with van der Waals surface area (Å²) in [5.41, 5.74) is 5.30. The topological polar surface area (TPSA) is 104 Å². The highest BCUT2D eigenvalue weighted by molar-refractivity contribution is 5.79. The van der Waals surface area contributed by atoms with Crippen LogP contribution in [-0.4, -0.2) is 25.8 Å². The molecule has 7 heteroatoms. The molecule has 2 aromatic heterocycles. The Morgan fingerprint density at radius 3 is 2.72 bits per heavy atom. The predicted octanol–water partition coefficient (Wildman–Crippen LogP) is 3.43. The zero-order valence-electron chi connectivity index (χ0n) is 17.9. The summed E-state index contributed by atoms with van der Waals surface area (Å²) < 4.78 is 0. The summed E-state index contributed by atoms with van der Waals surface area (Å²) in [4.78, 5) is 41.0. The first-order valence-electron chi connectivity index (χ1n) is 11.0. The maximum atomic E-state index is 12.9. The molecule has 0 saturated heterocycles. The SMILES string of the molecule is Cc1ccc2nc(CNC(=O)C3CCc4nc(-c5ccccc5)[nH]c(=O)c4CC3)[nH]c2c1. The summed E-state index contributed by atoms with van der Waals surface area (Å²) in [6.45, 7) is 2.39. The summed E-state index contributed by atoms with van der Waals surface area (Å²) in [7, 11) is 0. The number of aryl methyl sites for hydroxylation is 2. The van der Waals surface area contributed by atoms with Crippen molar-refractivity contribution in [3.05, 3.63) is 81.5 Å². The summed E-state index contributed by atoms with van der Waals surface area (Å²) in [6.07, 6.45) is 2.46. The van der Waals surface area contributed by atoms with Crippen LogP contribution in [0.3, 0.4) is 0 Å². The fourth-order valence-corrected chi connectivity index (χ4v) is 4.35. The fraction of sp³-hybridized carbons (Fsp3) is 0.280. The van der Waals surface area contributed by atoms with Crippen molar-refractivity contribution < 1.29 is 4.79 Å². The van der Waals surface area contributed by atoms with Crippen molar-refractivity contribution in [1.82, 2.24) is 25.3 Å². The minimum Gasteiger partial charge on any atom is -0.349 e. The number of H-pyrrole nitrogens is 2. The van der Waals surface area contributed by atoms with Crippen molar-refractivity contribution in [3.63, 3.8) is 0 Å². The van der Waals surface area contributed by atoms with Gasteiger partial charge >= 0.3 is 0 Å². The Labute approximate surface area is 185 Å². The Morgan fingerprint density at radius 2 is 1.88 bits per heavy atom. The maximum absolute atomic E-state index is 12.9. The van der Waals surface area contributed by atoms with Crippen LogP contribution in [0.25, 0.3) is 22.4 Å². The van der Waals surface area contributed by atoms with Gasteiger partial charge in [0.2, 0.25) is 5.91 Å². The molecular weight excluding hydrogens is 402 g/mol. The van der Waals surface area contributed by atoms with E-state index in [2.05, 4.69) is 20.3 Å². The molecule has 162 valence electrons. The van der Waals surface area contributed by atoms with Gasteiger partial charge in [0.15, 0.2) is 0 Å². The van der Waals surface area contributed by atoms with Gasteiger partial charge in [-0.15, -0.1) is 0 Å². The number of hydrogen-bond acceptors (Lipinski definition) is 4. The quantitative estimate of drug-likeness (QED) is 0.434. The molecule has 1 atom stereocenters. The van der Waals surface area contributed by atoms with Crippen LogP contribution >= 0.6 is 0 Å². The first kappa shape index (κ1) is 20.2. The van der Waals surface area contributed by atoms with Crippen molar-refractivity contribution in [2.24, 2.45) is 5.92 Å². The molecule has 7 nitrogen and oxygen atoms in total. The number of aromatic nitrogens is 4. The van der Waals surface area contributed by atoms with Gasteiger partial charge < -0.3 is 15.3 Å². The smallest absolute Gasteiger partial charge is 0.254 e. The molecule has 4 aromatic rings. The Balaban J connectivity index is 1.27. The molecule has 32 heavy (non-hydrogen) atoms. The summed E-state index contributed by atoms with van der Waals surface area (Å²) in [5.74, 6) is 1.16. The molecule has 1 amide bonds. The predicted molar refractivity (Wildman–Crippen MR) is 123 cm³/mol. The van der Waals surface area contributed by atoms with Crippen LogP contribution in [0.4, 0.5) is 0 Å². The molecule has 0 fully saturated rings. The van der Waals surface area contributed by atoms with E-state index in [-0.39, 0.29) is 17.4 Å². The van der Waals surface area contributed by atoms with Gasteiger partial charge in [-0.05, 0) is 50.3 Å². The molecule has 2 aromatic carbocycles. The van der Waals surface area contributed by atoms with Crippen molar-refractivity contribution in [3.8, 4) is 11.4 Å². The highest BCUT2D eigenvalue weighted by atomic mass is 16.2. The van der Waals surface area contributed by atoms with Crippen LogP contribution in [0.1, 0.15) is 35.5 Å². The van der Waals surface area contributed by atoms with Gasteiger partial charge in [0, 0.05) is 17.0 Å². The summed E-state index contributed by atoms with van der Waals surface area (Å²) in [6, 6.07) is 15.7. The van der Waals surface area contributed by atoms with Crippen molar-refractivity contribution in [1.29, 1.82) is 0 Å². The largest absolute Gasteiger partial charge is 0.349 e. The van der Waals surface area contributed by atoms with Crippen LogP contribution in [0, 0.1) is 12.8 Å². The molecule has 1 aliphatic rings. The van der Waals surface area contributed by atoms with Gasteiger partial charge in [-0.3, -0.25) is 9.59 Å². The standard InChI is InChI=1S/C25H25N5O2/c1-15-7-11-20-21(13-15)28-22(27-20)14-26-24(31)17-8-10-18-19(12-9-17)29-23(30-25(18)32)16-5-3-2-4-6-16/h2-7,11,13,17H,8-10,12,14H2,1H3,(H,26,31)(H,27,28)(H,29,30,32). The average molecular weight is 428 g/mol. The van der Waals surface area contributed by atoms with E-state index in [1.54, 1.807) is 0 Å². The van der Waals surface area contributed by atoms with Crippen LogP contribution in [0.15, 0.2) is 53.3 Å². The van der Waals surface area contributed by atoms with Crippen LogP contribution < -0.4 is 10.9 Å². The van der Waals surface area contributed by atoms with E-state index in [9.17, 15) is 9.59 Å². The Hall–Kier alpha value is -3.74. The molecular formula is C25H25N5O2. The minimum atomic E-state index is -0.157. The molecule has 0 radical (unpaired) electrons. The molecule has 1 unspecified atom stereocenters. The normalized spacial score (nSPS) is 15.8. The maximum Gasteiger partial charge on any atom is 0.254 e. The van der Waals surface area contributed by atoms with Gasteiger partial charge in [-0.1, -0.05) is 36.4 Å². The monoisotopic (exact) mass is 427 g/mol. The molecule has 3 N–H and O–H groups in total. The van der Waals surface area contributed by atoms with Crippen molar-refractivity contribution in [2.45, 2.75) is 39.2 Å². The third-order valence-corrected chi connectivity index (χ3v) is 6.11. The second kappa shape index (κ2) is 8.42.